The number of ketones is 1. The Morgan fingerprint density at radius 1 is 0.865 bits per heavy atom. The molecule has 2 amide bonds. The van der Waals surface area contributed by atoms with Crippen LogP contribution >= 0.6 is 47.8 Å². The zero-order chi connectivity index (χ0) is 36.7. The molecule has 0 spiro atoms. The number of esters is 1. The molecule has 52 heavy (non-hydrogen) atoms. The lowest BCUT2D eigenvalue weighted by Gasteiger charge is -2.29. The highest BCUT2D eigenvalue weighted by atomic mass is 79.9. The number of aryl methyl sites for hydroxylation is 1. The van der Waals surface area contributed by atoms with Crippen LogP contribution in [0.4, 0.5) is 5.69 Å². The minimum Gasteiger partial charge on any atom is -0.489 e. The Hall–Kier alpha value is -4.19. The van der Waals surface area contributed by atoms with E-state index in [9.17, 15) is 19.2 Å². The van der Waals surface area contributed by atoms with Crippen molar-refractivity contribution >= 4 is 87.9 Å². The molecule has 1 aliphatic heterocycles. The third kappa shape index (κ3) is 7.23. The van der Waals surface area contributed by atoms with Crippen LogP contribution < -0.4 is 9.64 Å². The van der Waals surface area contributed by atoms with Crippen molar-refractivity contribution < 1.29 is 28.7 Å². The maximum atomic E-state index is 13.8. The fraction of sp³-hybridized carbons (Fsp3) is 0.244. The highest BCUT2D eigenvalue weighted by Gasteiger charge is 2.52. The summed E-state index contributed by atoms with van der Waals surface area (Å²) in [5.74, 6) is -1.47. The molecule has 4 aromatic carbocycles. The predicted molar refractivity (Wildman–Crippen MR) is 210 cm³/mol. The van der Waals surface area contributed by atoms with Gasteiger partial charge in [0.2, 0.25) is 17.6 Å². The minimum atomic E-state index is -1.07. The van der Waals surface area contributed by atoms with Crippen LogP contribution in [0.25, 0.3) is 22.2 Å². The topological polar surface area (TPSA) is 103 Å². The summed E-state index contributed by atoms with van der Waals surface area (Å²) < 4.78 is 12.4. The molecule has 2 heterocycles. The van der Waals surface area contributed by atoms with Crippen molar-refractivity contribution in [3.05, 3.63) is 124 Å². The summed E-state index contributed by atoms with van der Waals surface area (Å²) in [6.07, 6.45) is 0.118. The monoisotopic (exact) mass is 886 g/mol. The van der Waals surface area contributed by atoms with Crippen LogP contribution in [-0.4, -0.2) is 44.3 Å². The maximum Gasteiger partial charge on any atom is 0.339 e. The summed E-state index contributed by atoms with van der Waals surface area (Å²) >= 11 is 10.8. The third-order valence-corrected chi connectivity index (χ3v) is 12.9. The molecule has 5 aromatic rings. The van der Waals surface area contributed by atoms with Gasteiger partial charge in [0.1, 0.15) is 12.4 Å². The molecule has 1 saturated heterocycles. The van der Waals surface area contributed by atoms with Crippen molar-refractivity contribution in [2.75, 3.05) is 4.90 Å². The molecule has 0 bridgehead atoms. The number of amides is 2. The van der Waals surface area contributed by atoms with Gasteiger partial charge in [-0.05, 0) is 92.4 Å². The molecule has 1 aliphatic carbocycles. The number of ether oxygens (including phenoxy) is 2. The Kier molecular flexibility index (Phi) is 10.5. The van der Waals surface area contributed by atoms with Crippen LogP contribution in [0.3, 0.4) is 0 Å². The van der Waals surface area contributed by atoms with E-state index in [1.165, 1.54) is 4.90 Å². The van der Waals surface area contributed by atoms with Gasteiger partial charge in [-0.15, -0.1) is 0 Å². The van der Waals surface area contributed by atoms with Gasteiger partial charge in [-0.25, -0.2) is 9.78 Å². The summed E-state index contributed by atoms with van der Waals surface area (Å²) in [6.45, 7) is 3.86. The van der Waals surface area contributed by atoms with Gasteiger partial charge in [0.25, 0.3) is 0 Å². The highest BCUT2D eigenvalue weighted by molar-refractivity contribution is 9.12. The molecule has 1 aromatic heterocycles. The number of carbonyl (C=O) groups is 4. The lowest BCUT2D eigenvalue weighted by Crippen LogP contribution is -2.34. The smallest absolute Gasteiger partial charge is 0.339 e. The van der Waals surface area contributed by atoms with Gasteiger partial charge in [-0.2, -0.15) is 0 Å². The molecule has 2 aliphatic rings. The fourth-order valence-electron chi connectivity index (χ4n) is 6.87. The fourth-order valence-corrected chi connectivity index (χ4v) is 8.68. The number of rotatable bonds is 9. The van der Waals surface area contributed by atoms with Gasteiger partial charge in [-0.1, -0.05) is 90.3 Å². The third-order valence-electron chi connectivity index (χ3n) is 9.66. The number of benzene rings is 4. The lowest BCUT2D eigenvalue weighted by atomic mass is 9.81. The number of hydrogen-bond acceptors (Lipinski definition) is 7. The Morgan fingerprint density at radius 2 is 1.50 bits per heavy atom. The second-order valence-corrected chi connectivity index (χ2v) is 16.4. The van der Waals surface area contributed by atoms with Gasteiger partial charge >= 0.3 is 5.97 Å². The number of anilines is 1. The largest absolute Gasteiger partial charge is 0.489 e. The Morgan fingerprint density at radius 3 is 2.13 bits per heavy atom. The lowest BCUT2D eigenvalue weighted by molar-refractivity contribution is -0.122. The number of imide groups is 1. The van der Waals surface area contributed by atoms with Crippen LogP contribution in [0.2, 0.25) is 0 Å². The Bertz CT molecular complexity index is 2170. The van der Waals surface area contributed by atoms with E-state index in [0.717, 1.165) is 15.6 Å². The van der Waals surface area contributed by atoms with Crippen LogP contribution in [0.15, 0.2) is 102 Å². The maximum absolute atomic E-state index is 13.8. The van der Waals surface area contributed by atoms with Crippen molar-refractivity contribution in [1.82, 2.24) is 4.98 Å². The first kappa shape index (κ1) is 36.2. The zero-order valence-corrected chi connectivity index (χ0v) is 33.0. The number of aromatic nitrogens is 1. The van der Waals surface area contributed by atoms with Gasteiger partial charge in [0.15, 0.2) is 6.10 Å². The van der Waals surface area contributed by atoms with E-state index in [4.69, 9.17) is 14.5 Å². The quantitative estimate of drug-likeness (QED) is 0.0629. The first-order valence-corrected chi connectivity index (χ1v) is 19.5. The summed E-state index contributed by atoms with van der Waals surface area (Å²) in [5.41, 5.74) is 4.78. The molecule has 11 heteroatoms. The normalized spacial score (nSPS) is 20.4. The van der Waals surface area contributed by atoms with Gasteiger partial charge in [0, 0.05) is 30.6 Å². The van der Waals surface area contributed by atoms with Crippen molar-refractivity contribution in [2.45, 2.75) is 49.1 Å². The number of pyridine rings is 1. The van der Waals surface area contributed by atoms with E-state index in [1.54, 1.807) is 67.6 Å². The molecular weight excluding hydrogens is 856 g/mol. The molecule has 8 nitrogen and oxygen atoms in total. The van der Waals surface area contributed by atoms with E-state index >= 15 is 0 Å². The average molecular weight is 889 g/mol. The van der Waals surface area contributed by atoms with Crippen LogP contribution in [0.1, 0.15) is 51.6 Å². The highest BCUT2D eigenvalue weighted by Crippen LogP contribution is 2.44. The van der Waals surface area contributed by atoms with E-state index in [2.05, 4.69) is 47.8 Å². The van der Waals surface area contributed by atoms with Gasteiger partial charge in [-0.3, -0.25) is 19.3 Å². The number of carbonyl (C=O) groups excluding carboxylic acids is 4. The zero-order valence-electron chi connectivity index (χ0n) is 28.2. The first-order valence-electron chi connectivity index (χ1n) is 16.9. The molecule has 7 rings (SSSR count). The predicted octanol–water partition coefficient (Wildman–Crippen LogP) is 9.41. The van der Waals surface area contributed by atoms with E-state index in [-0.39, 0.29) is 44.7 Å². The molecule has 1 saturated carbocycles. The van der Waals surface area contributed by atoms with E-state index < -0.39 is 12.1 Å². The molecule has 264 valence electrons. The minimum absolute atomic E-state index is 0.120. The van der Waals surface area contributed by atoms with Gasteiger partial charge < -0.3 is 9.47 Å². The number of hydrogen-bond donors (Lipinski definition) is 0. The van der Waals surface area contributed by atoms with Crippen molar-refractivity contribution in [3.8, 4) is 17.0 Å². The summed E-state index contributed by atoms with van der Waals surface area (Å²) in [7, 11) is 0. The molecule has 0 radical (unpaired) electrons. The van der Waals surface area contributed by atoms with Crippen LogP contribution in [0, 0.1) is 18.8 Å². The standard InChI is InChI=1S/C41H33Br3N2O6/c1-22-16-27(42)17-30-33(41(50)52-23(2)38(47)26-10-14-29(15-11-26)51-21-24-6-4-3-5-7-24)20-36(45-37(22)30)25-8-12-28(13-9-25)46-39(48)31-18-34(43)35(44)19-32(31)40(46)49/h3-17,20,23,31-32,34-35H,18-19,21H2,1-2H3. The number of Topliss-reactive ketones (excluding diaryl/α,β-unsaturated/α-hetero) is 1. The molecule has 5 unspecified atom stereocenters. The van der Waals surface area contributed by atoms with Crippen molar-refractivity contribution in [1.29, 1.82) is 0 Å². The second kappa shape index (κ2) is 15.0. The first-order chi connectivity index (χ1) is 25.0. The SMILES string of the molecule is Cc1cc(Br)cc2c(C(=O)OC(C)C(=O)c3ccc(OCc4ccccc4)cc3)cc(-c3ccc(N4C(=O)C5CC(Br)C(Br)CC5C4=O)cc3)nc12. The van der Waals surface area contributed by atoms with Crippen LogP contribution in [-0.2, 0) is 20.9 Å². The number of alkyl halides is 2. The number of fused-ring (bicyclic) bond motifs is 2. The molecule has 0 N–H and O–H groups in total. The Labute approximate surface area is 326 Å². The summed E-state index contributed by atoms with van der Waals surface area (Å²) in [4.78, 5) is 60.4. The Balaban J connectivity index is 1.11. The molecule has 5 atom stereocenters. The van der Waals surface area contributed by atoms with Gasteiger partial charge in [0.05, 0.1) is 34.3 Å². The van der Waals surface area contributed by atoms with E-state index in [1.807, 2.05) is 43.3 Å². The summed E-state index contributed by atoms with van der Waals surface area (Å²) in [6, 6.07) is 28.9. The molecular formula is C41H33Br3N2O6. The van der Waals surface area contributed by atoms with Crippen molar-refractivity contribution in [2.24, 2.45) is 11.8 Å². The van der Waals surface area contributed by atoms with Crippen molar-refractivity contribution in [3.63, 3.8) is 0 Å². The van der Waals surface area contributed by atoms with E-state index in [0.29, 0.717) is 58.6 Å². The number of nitrogens with zero attached hydrogens (tertiary/aromatic N) is 2. The second-order valence-electron chi connectivity index (χ2n) is 13.2. The van der Waals surface area contributed by atoms with Crippen LogP contribution in [0.5, 0.6) is 5.75 Å². The molecule has 2 fully saturated rings. The number of halogens is 3. The summed E-state index contributed by atoms with van der Waals surface area (Å²) in [5, 5.41) is 0.572. The average Bonchev–Trinajstić information content (AvgIpc) is 3.38.